The lowest BCUT2D eigenvalue weighted by Crippen LogP contribution is -2.37. The first kappa shape index (κ1) is 20.3. The van der Waals surface area contributed by atoms with Gasteiger partial charge in [-0.15, -0.1) is 0 Å². The molecule has 26 heavy (non-hydrogen) atoms. The van der Waals surface area contributed by atoms with Gasteiger partial charge in [0.05, 0.1) is 26.4 Å². The maximum absolute atomic E-state index is 5.75. The van der Waals surface area contributed by atoms with Crippen LogP contribution in [0.25, 0.3) is 0 Å². The van der Waals surface area contributed by atoms with E-state index in [1.165, 1.54) is 0 Å². The Bertz CT molecular complexity index is 560. The molecule has 7 heteroatoms. The highest BCUT2D eigenvalue weighted by Gasteiger charge is 2.15. The summed E-state index contributed by atoms with van der Waals surface area (Å²) in [6.07, 6.45) is 2.19. The summed E-state index contributed by atoms with van der Waals surface area (Å²) in [5, 5.41) is 6.61. The van der Waals surface area contributed by atoms with Crippen LogP contribution in [0.2, 0.25) is 0 Å². The fourth-order valence-corrected chi connectivity index (χ4v) is 2.68. The molecule has 0 amide bonds. The van der Waals surface area contributed by atoms with Gasteiger partial charge in [0.25, 0.3) is 0 Å². The molecule has 2 rings (SSSR count). The first-order chi connectivity index (χ1) is 12.8. The van der Waals surface area contributed by atoms with Gasteiger partial charge in [-0.25, -0.2) is 0 Å². The average Bonchev–Trinajstić information content (AvgIpc) is 3.18. The number of aliphatic imine (C=N–C) groups is 1. The summed E-state index contributed by atoms with van der Waals surface area (Å²) in [5.74, 6) is 2.26. The lowest BCUT2D eigenvalue weighted by Gasteiger charge is -2.14. The van der Waals surface area contributed by atoms with Crippen molar-refractivity contribution in [2.75, 3.05) is 47.1 Å². The van der Waals surface area contributed by atoms with E-state index in [-0.39, 0.29) is 6.10 Å². The van der Waals surface area contributed by atoms with Gasteiger partial charge in [0, 0.05) is 33.4 Å². The average molecular weight is 365 g/mol. The number of hydrogen-bond donors (Lipinski definition) is 2. The van der Waals surface area contributed by atoms with Crippen molar-refractivity contribution >= 4 is 5.96 Å². The van der Waals surface area contributed by atoms with Gasteiger partial charge >= 0.3 is 0 Å². The molecule has 1 aliphatic heterocycles. The molecule has 0 radical (unpaired) electrons. The van der Waals surface area contributed by atoms with Crippen LogP contribution in [-0.4, -0.2) is 59.2 Å². The van der Waals surface area contributed by atoms with Gasteiger partial charge in [0.2, 0.25) is 0 Å². The van der Waals surface area contributed by atoms with Gasteiger partial charge in [0.15, 0.2) is 17.5 Å². The Morgan fingerprint density at radius 3 is 2.88 bits per heavy atom. The Labute approximate surface area is 156 Å². The van der Waals surface area contributed by atoms with Crippen molar-refractivity contribution in [2.24, 2.45) is 4.99 Å². The van der Waals surface area contributed by atoms with Gasteiger partial charge in [-0.3, -0.25) is 4.99 Å². The maximum Gasteiger partial charge on any atom is 0.191 e. The van der Waals surface area contributed by atoms with Crippen molar-refractivity contribution in [1.29, 1.82) is 0 Å². The number of methoxy groups -OCH3 is 1. The molecule has 1 fully saturated rings. The van der Waals surface area contributed by atoms with Crippen LogP contribution in [0.5, 0.6) is 11.5 Å². The minimum absolute atomic E-state index is 0.266. The van der Waals surface area contributed by atoms with Crippen LogP contribution < -0.4 is 20.1 Å². The van der Waals surface area contributed by atoms with Crippen LogP contribution in [0.3, 0.4) is 0 Å². The van der Waals surface area contributed by atoms with Crippen LogP contribution in [-0.2, 0) is 16.0 Å². The molecule has 0 spiro atoms. The third kappa shape index (κ3) is 6.72. The molecule has 1 aliphatic rings. The second-order valence-corrected chi connectivity index (χ2v) is 5.98. The van der Waals surface area contributed by atoms with Crippen molar-refractivity contribution in [2.45, 2.75) is 32.4 Å². The van der Waals surface area contributed by atoms with E-state index >= 15 is 0 Å². The normalized spacial score (nSPS) is 17.2. The summed E-state index contributed by atoms with van der Waals surface area (Å²) in [4.78, 5) is 4.25. The van der Waals surface area contributed by atoms with Crippen molar-refractivity contribution < 1.29 is 18.9 Å². The third-order valence-electron chi connectivity index (χ3n) is 4.07. The Hall–Kier alpha value is -1.99. The van der Waals surface area contributed by atoms with Crippen molar-refractivity contribution in [3.63, 3.8) is 0 Å². The van der Waals surface area contributed by atoms with Crippen molar-refractivity contribution in [3.8, 4) is 11.5 Å². The molecular weight excluding hydrogens is 334 g/mol. The smallest absolute Gasteiger partial charge is 0.191 e. The van der Waals surface area contributed by atoms with Crippen molar-refractivity contribution in [3.05, 3.63) is 23.8 Å². The highest BCUT2D eigenvalue weighted by Crippen LogP contribution is 2.27. The number of nitrogens with zero attached hydrogens (tertiary/aromatic N) is 1. The summed E-state index contributed by atoms with van der Waals surface area (Å²) >= 11 is 0. The summed E-state index contributed by atoms with van der Waals surface area (Å²) < 4.78 is 22.0. The van der Waals surface area contributed by atoms with E-state index in [0.29, 0.717) is 13.2 Å². The van der Waals surface area contributed by atoms with E-state index in [1.807, 2.05) is 25.1 Å². The molecule has 0 aliphatic carbocycles. The van der Waals surface area contributed by atoms with Gasteiger partial charge < -0.3 is 29.6 Å². The maximum atomic E-state index is 5.75. The van der Waals surface area contributed by atoms with Crippen LogP contribution in [0.4, 0.5) is 0 Å². The molecule has 0 aromatic heterocycles. The predicted octanol–water partition coefficient (Wildman–Crippen LogP) is 1.95. The molecule has 7 nitrogen and oxygen atoms in total. The van der Waals surface area contributed by atoms with Gasteiger partial charge in [-0.05, 0) is 37.5 Å². The van der Waals surface area contributed by atoms with Gasteiger partial charge in [-0.2, -0.15) is 0 Å². The number of hydrogen-bond acceptors (Lipinski definition) is 5. The minimum Gasteiger partial charge on any atom is -0.493 e. The quantitative estimate of drug-likeness (QED) is 0.375. The van der Waals surface area contributed by atoms with Crippen LogP contribution in [0.15, 0.2) is 23.2 Å². The molecule has 0 bridgehead atoms. The van der Waals surface area contributed by atoms with Crippen LogP contribution in [0, 0.1) is 0 Å². The summed E-state index contributed by atoms with van der Waals surface area (Å²) in [6.45, 7) is 6.29. The lowest BCUT2D eigenvalue weighted by molar-refractivity contribution is 0.0420. The zero-order valence-electron chi connectivity index (χ0n) is 16.0. The first-order valence-corrected chi connectivity index (χ1v) is 9.20. The molecule has 146 valence electrons. The van der Waals surface area contributed by atoms with Crippen LogP contribution >= 0.6 is 0 Å². The summed E-state index contributed by atoms with van der Waals surface area (Å²) in [5.41, 5.74) is 1.10. The number of rotatable bonds is 10. The molecule has 1 unspecified atom stereocenters. The van der Waals surface area contributed by atoms with E-state index < -0.39 is 0 Å². The fourth-order valence-electron chi connectivity index (χ4n) is 2.68. The first-order valence-electron chi connectivity index (χ1n) is 9.20. The molecule has 1 atom stereocenters. The Balaban J connectivity index is 1.69. The number of nitrogens with one attached hydrogen (secondary N) is 2. The van der Waals surface area contributed by atoms with Crippen molar-refractivity contribution in [1.82, 2.24) is 10.6 Å². The standard InChI is InChI=1S/C19H31N3O4/c1-4-25-18-12-15(6-7-17(18)23-3)13-22-19(20-2)21-9-5-10-26-16-8-11-24-14-16/h6-7,12,16H,4-5,8-11,13-14H2,1-3H3,(H2,20,21,22). The lowest BCUT2D eigenvalue weighted by atomic mass is 10.2. The van der Waals surface area contributed by atoms with Gasteiger partial charge in [0.1, 0.15) is 0 Å². The highest BCUT2D eigenvalue weighted by molar-refractivity contribution is 5.79. The fraction of sp³-hybridized carbons (Fsp3) is 0.632. The SMILES string of the molecule is CCOc1cc(CNC(=NC)NCCCOC2CCOC2)ccc1OC. The highest BCUT2D eigenvalue weighted by atomic mass is 16.5. The molecule has 1 heterocycles. The van der Waals surface area contributed by atoms with E-state index in [1.54, 1.807) is 14.2 Å². The monoisotopic (exact) mass is 365 g/mol. The molecular formula is C19H31N3O4. The number of guanidine groups is 1. The van der Waals surface area contributed by atoms with E-state index in [0.717, 1.165) is 62.2 Å². The topological polar surface area (TPSA) is 73.3 Å². The third-order valence-corrected chi connectivity index (χ3v) is 4.07. The second kappa shape index (κ2) is 11.6. The summed E-state index contributed by atoms with van der Waals surface area (Å²) in [7, 11) is 3.41. The molecule has 1 aromatic rings. The molecule has 1 saturated heterocycles. The zero-order valence-corrected chi connectivity index (χ0v) is 16.0. The molecule has 2 N–H and O–H groups in total. The number of benzene rings is 1. The Morgan fingerprint density at radius 1 is 1.31 bits per heavy atom. The number of ether oxygens (including phenoxy) is 4. The Morgan fingerprint density at radius 2 is 2.19 bits per heavy atom. The Kier molecular flexibility index (Phi) is 9.06. The second-order valence-electron chi connectivity index (χ2n) is 5.98. The van der Waals surface area contributed by atoms with Gasteiger partial charge in [-0.1, -0.05) is 6.07 Å². The minimum atomic E-state index is 0.266. The summed E-state index contributed by atoms with van der Waals surface area (Å²) in [6, 6.07) is 5.92. The largest absolute Gasteiger partial charge is 0.493 e. The predicted molar refractivity (Wildman–Crippen MR) is 102 cm³/mol. The van der Waals surface area contributed by atoms with E-state index in [2.05, 4.69) is 15.6 Å². The zero-order chi connectivity index (χ0) is 18.6. The molecule has 1 aromatic carbocycles. The van der Waals surface area contributed by atoms with Crippen LogP contribution in [0.1, 0.15) is 25.3 Å². The van der Waals surface area contributed by atoms with E-state index in [9.17, 15) is 0 Å². The molecule has 0 saturated carbocycles. The van der Waals surface area contributed by atoms with E-state index in [4.69, 9.17) is 18.9 Å².